The van der Waals surface area contributed by atoms with E-state index in [2.05, 4.69) is 22.0 Å². The molecule has 3 rings (SSSR count). The number of morpholine rings is 1. The van der Waals surface area contributed by atoms with Gasteiger partial charge >= 0.3 is 0 Å². The lowest BCUT2D eigenvalue weighted by atomic mass is 10.1. The fraction of sp³-hybridized carbons (Fsp3) is 0.312. The maximum Gasteiger partial charge on any atom is 0.254 e. The average molecular weight is 334 g/mol. The summed E-state index contributed by atoms with van der Waals surface area (Å²) >= 11 is 3.46. The highest BCUT2D eigenvalue weighted by atomic mass is 79.9. The van der Waals surface area contributed by atoms with Crippen LogP contribution in [0, 0.1) is 0 Å². The summed E-state index contributed by atoms with van der Waals surface area (Å²) in [7, 11) is 0. The van der Waals surface area contributed by atoms with Crippen molar-refractivity contribution in [3.63, 3.8) is 0 Å². The van der Waals surface area contributed by atoms with E-state index in [-0.39, 0.29) is 12.0 Å². The van der Waals surface area contributed by atoms with Gasteiger partial charge in [0.25, 0.3) is 5.91 Å². The summed E-state index contributed by atoms with van der Waals surface area (Å²) < 4.78 is 6.53. The predicted octanol–water partition coefficient (Wildman–Crippen LogP) is 3.46. The van der Waals surface area contributed by atoms with Gasteiger partial charge < -0.3 is 9.64 Å². The monoisotopic (exact) mass is 333 g/mol. The van der Waals surface area contributed by atoms with Crippen molar-refractivity contribution < 1.29 is 9.53 Å². The second-order valence-electron chi connectivity index (χ2n) is 5.14. The van der Waals surface area contributed by atoms with E-state index in [1.165, 1.54) is 0 Å². The summed E-state index contributed by atoms with van der Waals surface area (Å²) in [4.78, 5) is 14.4. The molecule has 4 heteroatoms. The molecule has 0 saturated carbocycles. The van der Waals surface area contributed by atoms with Gasteiger partial charge in [0.2, 0.25) is 0 Å². The molecule has 1 saturated heterocycles. The Morgan fingerprint density at radius 3 is 2.80 bits per heavy atom. The van der Waals surface area contributed by atoms with Crippen LogP contribution in [0.2, 0.25) is 0 Å². The zero-order valence-electron chi connectivity index (χ0n) is 11.3. The van der Waals surface area contributed by atoms with Crippen LogP contribution in [-0.2, 0) is 4.74 Å². The van der Waals surface area contributed by atoms with Crippen LogP contribution in [0.1, 0.15) is 17.3 Å². The number of benzene rings is 2. The van der Waals surface area contributed by atoms with Gasteiger partial charge in [0, 0.05) is 23.1 Å². The third kappa shape index (κ3) is 2.72. The Labute approximate surface area is 126 Å². The van der Waals surface area contributed by atoms with E-state index < -0.39 is 0 Å². The van der Waals surface area contributed by atoms with Gasteiger partial charge in [-0.3, -0.25) is 4.79 Å². The average Bonchev–Trinajstić information content (AvgIpc) is 2.46. The first kappa shape index (κ1) is 13.6. The summed E-state index contributed by atoms with van der Waals surface area (Å²) in [5.74, 6) is 0.0879. The highest BCUT2D eigenvalue weighted by Gasteiger charge is 2.22. The molecule has 1 atom stereocenters. The van der Waals surface area contributed by atoms with Crippen LogP contribution in [0.15, 0.2) is 40.9 Å². The minimum absolute atomic E-state index is 0.0879. The van der Waals surface area contributed by atoms with Gasteiger partial charge in [0.15, 0.2) is 0 Å². The SMILES string of the molecule is CC1CN(C(=O)c2ccc3cc(Br)ccc3c2)CCO1. The van der Waals surface area contributed by atoms with Crippen molar-refractivity contribution in [2.45, 2.75) is 13.0 Å². The molecule has 0 aromatic heterocycles. The molecule has 1 heterocycles. The first-order valence-electron chi connectivity index (χ1n) is 6.74. The summed E-state index contributed by atoms with van der Waals surface area (Å²) in [6.07, 6.45) is 0.115. The molecule has 0 N–H and O–H groups in total. The second-order valence-corrected chi connectivity index (χ2v) is 6.05. The molecule has 2 aromatic rings. The minimum atomic E-state index is 0.0879. The van der Waals surface area contributed by atoms with E-state index in [0.717, 1.165) is 20.8 Å². The van der Waals surface area contributed by atoms with Gasteiger partial charge in [0.1, 0.15) is 0 Å². The van der Waals surface area contributed by atoms with Gasteiger partial charge in [-0.15, -0.1) is 0 Å². The molecule has 1 unspecified atom stereocenters. The smallest absolute Gasteiger partial charge is 0.254 e. The normalized spacial score (nSPS) is 19.3. The van der Waals surface area contributed by atoms with Crippen LogP contribution in [0.3, 0.4) is 0 Å². The van der Waals surface area contributed by atoms with Crippen LogP contribution in [0.25, 0.3) is 10.8 Å². The molecular weight excluding hydrogens is 318 g/mol. The number of hydrogen-bond acceptors (Lipinski definition) is 2. The van der Waals surface area contributed by atoms with Crippen molar-refractivity contribution in [2.75, 3.05) is 19.7 Å². The van der Waals surface area contributed by atoms with E-state index in [4.69, 9.17) is 4.74 Å². The highest BCUT2D eigenvalue weighted by Crippen LogP contribution is 2.22. The molecule has 3 nitrogen and oxygen atoms in total. The van der Waals surface area contributed by atoms with Crippen molar-refractivity contribution >= 4 is 32.6 Å². The predicted molar refractivity (Wildman–Crippen MR) is 83.0 cm³/mol. The molecule has 0 radical (unpaired) electrons. The van der Waals surface area contributed by atoms with E-state index in [0.29, 0.717) is 19.7 Å². The topological polar surface area (TPSA) is 29.5 Å². The Morgan fingerprint density at radius 2 is 2.00 bits per heavy atom. The third-order valence-corrected chi connectivity index (χ3v) is 4.07. The number of nitrogens with zero attached hydrogens (tertiary/aromatic N) is 1. The number of ether oxygens (including phenoxy) is 1. The molecular formula is C16H16BrNO2. The summed E-state index contributed by atoms with van der Waals surface area (Å²) in [5.41, 5.74) is 0.744. The molecule has 1 aliphatic rings. The van der Waals surface area contributed by atoms with Crippen molar-refractivity contribution in [1.82, 2.24) is 4.90 Å². The largest absolute Gasteiger partial charge is 0.375 e. The lowest BCUT2D eigenvalue weighted by Crippen LogP contribution is -2.44. The first-order chi connectivity index (χ1) is 9.63. The Kier molecular flexibility index (Phi) is 3.76. The lowest BCUT2D eigenvalue weighted by molar-refractivity contribution is -0.0124. The molecule has 1 fully saturated rings. The lowest BCUT2D eigenvalue weighted by Gasteiger charge is -2.31. The molecule has 0 bridgehead atoms. The Hall–Kier alpha value is -1.39. The van der Waals surface area contributed by atoms with Crippen molar-refractivity contribution in [3.05, 3.63) is 46.4 Å². The highest BCUT2D eigenvalue weighted by molar-refractivity contribution is 9.10. The molecule has 0 spiro atoms. The molecule has 20 heavy (non-hydrogen) atoms. The van der Waals surface area contributed by atoms with Crippen LogP contribution in [0.4, 0.5) is 0 Å². The van der Waals surface area contributed by atoms with Gasteiger partial charge in [-0.05, 0) is 42.0 Å². The van der Waals surface area contributed by atoms with Crippen molar-refractivity contribution in [1.29, 1.82) is 0 Å². The number of halogens is 1. The number of fused-ring (bicyclic) bond motifs is 1. The number of rotatable bonds is 1. The maximum atomic E-state index is 12.5. The number of carbonyl (C=O) groups excluding carboxylic acids is 1. The van der Waals surface area contributed by atoms with Gasteiger partial charge in [-0.2, -0.15) is 0 Å². The van der Waals surface area contributed by atoms with Crippen molar-refractivity contribution in [3.8, 4) is 0 Å². The van der Waals surface area contributed by atoms with E-state index >= 15 is 0 Å². The zero-order chi connectivity index (χ0) is 14.1. The summed E-state index contributed by atoms with van der Waals surface area (Å²) in [6.45, 7) is 3.95. The van der Waals surface area contributed by atoms with Crippen LogP contribution in [-0.4, -0.2) is 36.6 Å². The van der Waals surface area contributed by atoms with Crippen LogP contribution < -0.4 is 0 Å². The fourth-order valence-corrected chi connectivity index (χ4v) is 2.91. The number of hydrogen-bond donors (Lipinski definition) is 0. The van der Waals surface area contributed by atoms with Crippen LogP contribution in [0.5, 0.6) is 0 Å². The minimum Gasteiger partial charge on any atom is -0.375 e. The van der Waals surface area contributed by atoms with Gasteiger partial charge in [-0.25, -0.2) is 0 Å². The Balaban J connectivity index is 1.89. The van der Waals surface area contributed by atoms with E-state index in [9.17, 15) is 4.79 Å². The number of carbonyl (C=O) groups is 1. The van der Waals surface area contributed by atoms with Gasteiger partial charge in [0.05, 0.1) is 12.7 Å². The van der Waals surface area contributed by atoms with Crippen LogP contribution >= 0.6 is 15.9 Å². The molecule has 2 aromatic carbocycles. The number of amides is 1. The van der Waals surface area contributed by atoms with Gasteiger partial charge in [-0.1, -0.05) is 28.1 Å². The van der Waals surface area contributed by atoms with E-state index in [1.54, 1.807) is 0 Å². The molecule has 1 amide bonds. The Morgan fingerprint density at radius 1 is 1.25 bits per heavy atom. The quantitative estimate of drug-likeness (QED) is 0.799. The summed E-state index contributed by atoms with van der Waals surface area (Å²) in [5, 5.41) is 2.21. The zero-order valence-corrected chi connectivity index (χ0v) is 12.9. The second kappa shape index (κ2) is 5.54. The molecule has 0 aliphatic carbocycles. The van der Waals surface area contributed by atoms with E-state index in [1.807, 2.05) is 42.2 Å². The first-order valence-corrected chi connectivity index (χ1v) is 7.53. The fourth-order valence-electron chi connectivity index (χ4n) is 2.54. The molecule has 1 aliphatic heterocycles. The maximum absolute atomic E-state index is 12.5. The Bertz CT molecular complexity index is 656. The standard InChI is InChI=1S/C16H16BrNO2/c1-11-10-18(6-7-20-11)16(19)14-3-2-13-9-15(17)5-4-12(13)8-14/h2-5,8-9,11H,6-7,10H2,1H3. The third-order valence-electron chi connectivity index (χ3n) is 3.58. The summed E-state index contributed by atoms with van der Waals surface area (Å²) in [6, 6.07) is 11.9. The molecule has 104 valence electrons. The van der Waals surface area contributed by atoms with Crippen molar-refractivity contribution in [2.24, 2.45) is 0 Å².